The summed E-state index contributed by atoms with van der Waals surface area (Å²) in [4.78, 5) is 90.9. The van der Waals surface area contributed by atoms with Crippen molar-refractivity contribution < 1.29 is 33.9 Å². The normalized spacial score (nSPS) is 20.5. The third-order valence-corrected chi connectivity index (χ3v) is 12.1. The Morgan fingerprint density at radius 2 is 1.68 bits per heavy atom. The van der Waals surface area contributed by atoms with Crippen molar-refractivity contribution in [2.24, 2.45) is 0 Å². The van der Waals surface area contributed by atoms with Crippen LogP contribution >= 0.6 is 11.6 Å². The van der Waals surface area contributed by atoms with Gasteiger partial charge in [0, 0.05) is 81.5 Å². The number of aliphatic hydroxyl groups excluding tert-OH is 1. The number of rotatable bonds is 17. The van der Waals surface area contributed by atoms with Gasteiger partial charge in [-0.05, 0) is 61.4 Å². The molecule has 2 fully saturated rings. The molecule has 17 heteroatoms. The van der Waals surface area contributed by atoms with Crippen molar-refractivity contribution in [1.82, 2.24) is 35.7 Å². The Bertz CT molecular complexity index is 2110. The van der Waals surface area contributed by atoms with Gasteiger partial charge in [-0.2, -0.15) is 0 Å². The van der Waals surface area contributed by atoms with Gasteiger partial charge in [0.25, 0.3) is 11.8 Å². The first-order valence-electron chi connectivity index (χ1n) is 20.9. The molecule has 2 saturated heterocycles. The maximum absolute atomic E-state index is 14.0. The summed E-state index contributed by atoms with van der Waals surface area (Å²) in [6.45, 7) is 6.26. The average Bonchev–Trinajstić information content (AvgIpc) is 3.68. The number of benzene rings is 2. The molecule has 0 spiro atoms. The molecule has 0 saturated carbocycles. The minimum Gasteiger partial charge on any atom is -0.387 e. The van der Waals surface area contributed by atoms with Crippen molar-refractivity contribution in [3.8, 4) is 0 Å². The van der Waals surface area contributed by atoms with Crippen LogP contribution in [0.3, 0.4) is 0 Å². The van der Waals surface area contributed by atoms with E-state index in [1.54, 1.807) is 30.3 Å². The van der Waals surface area contributed by atoms with Crippen LogP contribution in [-0.2, 0) is 19.2 Å². The molecular formula is C43H52ClN9O7. The van der Waals surface area contributed by atoms with Gasteiger partial charge >= 0.3 is 0 Å². The first-order chi connectivity index (χ1) is 29.0. The predicted molar refractivity (Wildman–Crippen MR) is 224 cm³/mol. The van der Waals surface area contributed by atoms with Crippen molar-refractivity contribution in [2.45, 2.75) is 82.3 Å². The summed E-state index contributed by atoms with van der Waals surface area (Å²) in [5.74, 6) is -1.66. The first kappa shape index (κ1) is 42.7. The molecule has 2 aromatic carbocycles. The van der Waals surface area contributed by atoms with Crippen LogP contribution in [-0.4, -0.2) is 119 Å². The van der Waals surface area contributed by atoms with Gasteiger partial charge in [0.2, 0.25) is 23.6 Å². The highest BCUT2D eigenvalue weighted by molar-refractivity contribution is 6.30. The zero-order chi connectivity index (χ0) is 42.3. The number of imide groups is 2. The number of aromatic nitrogens is 2. The molecule has 7 rings (SSSR count). The molecule has 318 valence electrons. The van der Waals surface area contributed by atoms with Crippen LogP contribution in [0.1, 0.15) is 114 Å². The van der Waals surface area contributed by atoms with Gasteiger partial charge in [-0.3, -0.25) is 39.0 Å². The van der Waals surface area contributed by atoms with Crippen molar-refractivity contribution in [3.63, 3.8) is 0 Å². The van der Waals surface area contributed by atoms with Crippen LogP contribution < -0.4 is 26.2 Å². The van der Waals surface area contributed by atoms with Crippen LogP contribution in [0, 0.1) is 0 Å². The van der Waals surface area contributed by atoms with Gasteiger partial charge in [0.05, 0.1) is 28.8 Å². The average molecular weight is 842 g/mol. The molecule has 6 amide bonds. The number of nitrogens with zero attached hydrogens (tertiary/aromatic N) is 5. The van der Waals surface area contributed by atoms with Gasteiger partial charge in [0.15, 0.2) is 0 Å². The minimum atomic E-state index is -1.01. The summed E-state index contributed by atoms with van der Waals surface area (Å²) in [6.07, 6.45) is 5.37. The van der Waals surface area contributed by atoms with Crippen LogP contribution in [0.5, 0.6) is 0 Å². The number of carbonyl (C=O) groups is 6. The number of piperidine rings is 1. The fraction of sp³-hybridized carbons (Fsp3) is 0.488. The van der Waals surface area contributed by atoms with Crippen molar-refractivity contribution in [1.29, 1.82) is 0 Å². The Morgan fingerprint density at radius 1 is 0.933 bits per heavy atom. The summed E-state index contributed by atoms with van der Waals surface area (Å²) < 4.78 is 0. The number of aliphatic hydroxyl groups is 1. The molecule has 0 bridgehead atoms. The third kappa shape index (κ3) is 9.45. The second-order valence-electron chi connectivity index (χ2n) is 15.9. The van der Waals surface area contributed by atoms with Gasteiger partial charge in [0.1, 0.15) is 18.2 Å². The van der Waals surface area contributed by atoms with Gasteiger partial charge < -0.3 is 30.9 Å². The first-order valence-corrected chi connectivity index (χ1v) is 21.3. The lowest BCUT2D eigenvalue weighted by molar-refractivity contribution is -0.136. The number of fused-ring (bicyclic) bond motifs is 2. The maximum atomic E-state index is 14.0. The van der Waals surface area contributed by atoms with Crippen LogP contribution in [0.2, 0.25) is 5.02 Å². The minimum absolute atomic E-state index is 0.00789. The second-order valence-corrected chi connectivity index (χ2v) is 16.3. The maximum Gasteiger partial charge on any atom is 0.264 e. The largest absolute Gasteiger partial charge is 0.387 e. The van der Waals surface area contributed by atoms with Crippen molar-refractivity contribution in [2.75, 3.05) is 62.6 Å². The van der Waals surface area contributed by atoms with Crippen LogP contribution in [0.4, 0.5) is 11.5 Å². The van der Waals surface area contributed by atoms with Crippen molar-refractivity contribution in [3.05, 3.63) is 81.8 Å². The molecule has 1 aromatic heterocycles. The molecule has 60 heavy (non-hydrogen) atoms. The van der Waals surface area contributed by atoms with Crippen molar-refractivity contribution >= 4 is 58.5 Å². The third-order valence-electron chi connectivity index (χ3n) is 11.8. The fourth-order valence-electron chi connectivity index (χ4n) is 8.61. The zero-order valence-corrected chi connectivity index (χ0v) is 34.5. The lowest BCUT2D eigenvalue weighted by Gasteiger charge is -2.38. The Labute approximate surface area is 353 Å². The number of unbranched alkanes of at least 4 members (excludes halogenated alkanes) is 3. The van der Waals surface area contributed by atoms with E-state index in [0.29, 0.717) is 75.2 Å². The summed E-state index contributed by atoms with van der Waals surface area (Å²) >= 11 is 6.18. The summed E-state index contributed by atoms with van der Waals surface area (Å²) in [6, 6.07) is 11.3. The summed E-state index contributed by atoms with van der Waals surface area (Å²) in [5.41, 5.74) is 3.56. The van der Waals surface area contributed by atoms with Gasteiger partial charge in [-0.15, -0.1) is 0 Å². The highest BCUT2D eigenvalue weighted by Crippen LogP contribution is 2.43. The number of carbonyl (C=O) groups excluding carboxylic acids is 6. The Morgan fingerprint density at radius 3 is 2.43 bits per heavy atom. The van der Waals surface area contributed by atoms with E-state index >= 15 is 0 Å². The molecule has 4 atom stereocenters. The van der Waals surface area contributed by atoms with E-state index in [4.69, 9.17) is 11.6 Å². The second kappa shape index (κ2) is 19.3. The number of hydrogen-bond acceptors (Lipinski definition) is 12. The van der Waals surface area contributed by atoms with Crippen LogP contribution in [0.25, 0.3) is 0 Å². The van der Waals surface area contributed by atoms with Crippen LogP contribution in [0.15, 0.2) is 48.8 Å². The molecule has 3 aliphatic heterocycles. The van der Waals surface area contributed by atoms with E-state index < -0.39 is 41.7 Å². The summed E-state index contributed by atoms with van der Waals surface area (Å²) in [5, 5.41) is 22.8. The van der Waals surface area contributed by atoms with E-state index in [9.17, 15) is 33.9 Å². The topological polar surface area (TPSA) is 206 Å². The number of amides is 6. The molecule has 4 aliphatic rings. The lowest BCUT2D eigenvalue weighted by atomic mass is 9.97. The van der Waals surface area contributed by atoms with E-state index in [-0.39, 0.29) is 48.1 Å². The van der Waals surface area contributed by atoms with E-state index in [1.165, 1.54) is 6.33 Å². The Balaban J connectivity index is 0.799. The van der Waals surface area contributed by atoms with Gasteiger partial charge in [-0.25, -0.2) is 9.97 Å². The molecule has 16 nitrogen and oxygen atoms in total. The monoisotopic (exact) mass is 841 g/mol. The van der Waals surface area contributed by atoms with E-state index in [2.05, 4.69) is 43.1 Å². The fourth-order valence-corrected chi connectivity index (χ4v) is 8.74. The number of halogens is 1. The lowest BCUT2D eigenvalue weighted by Crippen LogP contribution is -2.54. The highest BCUT2D eigenvalue weighted by atomic mass is 35.5. The standard InChI is InChI=1S/C43H52ClN9O7/c1-26-23-33(54)38-36(26)39(49-25-48-38)51-19-21-52(22-20-51)41(58)30(27-9-11-28(44)12-10-27)24-45-18-15-34(55)47-17-5-3-2-4-16-46-31-8-6-7-29-37(31)43(60)53(42(29)59)32-13-14-35(56)50-40(32)57/h6-12,25-26,30,32-33,45-46,54H,2-5,13-24H2,1H3,(H,47,55)(H,50,56,57). The number of anilines is 2. The highest BCUT2D eigenvalue weighted by Gasteiger charge is 2.45. The SMILES string of the molecule is CC1CC(O)c2ncnc(N3CCN(C(=O)C(CNCCC(=O)NCCCCCCNc4cccc5c4C(=O)N(C4CCC(=O)NC4=O)C5=O)c4ccc(Cl)cc4)CC3)c21. The van der Waals surface area contributed by atoms with E-state index in [0.717, 1.165) is 47.5 Å². The number of piperazine rings is 1. The number of hydrogen-bond donors (Lipinski definition) is 5. The molecule has 4 unspecified atom stereocenters. The Hall–Kier alpha value is -5.45. The zero-order valence-electron chi connectivity index (χ0n) is 33.8. The molecular weight excluding hydrogens is 790 g/mol. The molecule has 5 N–H and O–H groups in total. The molecule has 4 heterocycles. The smallest absolute Gasteiger partial charge is 0.264 e. The van der Waals surface area contributed by atoms with E-state index in [1.807, 2.05) is 17.0 Å². The van der Waals surface area contributed by atoms with Gasteiger partial charge in [-0.1, -0.05) is 49.6 Å². The Kier molecular flexibility index (Phi) is 13.7. The summed E-state index contributed by atoms with van der Waals surface area (Å²) in [7, 11) is 0. The predicted octanol–water partition coefficient (Wildman–Crippen LogP) is 3.27. The molecule has 1 aliphatic carbocycles. The molecule has 0 radical (unpaired) electrons. The quantitative estimate of drug-likeness (QED) is 0.0982. The number of nitrogens with one attached hydrogen (secondary N) is 4. The molecule has 3 aromatic rings.